The highest BCUT2D eigenvalue weighted by molar-refractivity contribution is 6.31. The van der Waals surface area contributed by atoms with E-state index in [1.54, 1.807) is 36.5 Å². The largest absolute Gasteiger partial charge is 0.417 e. The number of nitrogens with zero attached hydrogens (tertiary/aromatic N) is 3. The summed E-state index contributed by atoms with van der Waals surface area (Å²) in [5.41, 5.74) is 1.34. The zero-order valence-electron chi connectivity index (χ0n) is 20.3. The van der Waals surface area contributed by atoms with E-state index in [-0.39, 0.29) is 11.5 Å². The van der Waals surface area contributed by atoms with Gasteiger partial charge in [-0.25, -0.2) is 9.78 Å². The number of amides is 2. The monoisotopic (exact) mass is 554 g/mol. The number of benzene rings is 3. The van der Waals surface area contributed by atoms with E-state index in [4.69, 9.17) is 16.6 Å². The van der Waals surface area contributed by atoms with Crippen LogP contribution in [-0.2, 0) is 6.18 Å². The van der Waals surface area contributed by atoms with Crippen LogP contribution in [-0.4, -0.2) is 48.0 Å². The molecule has 0 aliphatic carbocycles. The van der Waals surface area contributed by atoms with Gasteiger partial charge in [0.2, 0.25) is 0 Å². The first-order valence-electron chi connectivity index (χ1n) is 12.0. The van der Waals surface area contributed by atoms with Crippen LogP contribution >= 0.6 is 11.6 Å². The number of carbonyl (C=O) groups is 2. The van der Waals surface area contributed by atoms with Gasteiger partial charge in [-0.05, 0) is 60.7 Å². The van der Waals surface area contributed by atoms with Crippen molar-refractivity contribution in [2.45, 2.75) is 6.18 Å². The minimum absolute atomic E-state index is 0.0736. The number of piperazine rings is 1. The summed E-state index contributed by atoms with van der Waals surface area (Å²) < 4.78 is 39.2. The summed E-state index contributed by atoms with van der Waals surface area (Å²) in [6, 6.07) is 13.6. The van der Waals surface area contributed by atoms with Crippen LogP contribution in [0.3, 0.4) is 0 Å². The summed E-state index contributed by atoms with van der Waals surface area (Å²) in [6.07, 6.45) is -2.92. The third kappa shape index (κ3) is 6.10. The third-order valence-corrected chi connectivity index (χ3v) is 6.50. The van der Waals surface area contributed by atoms with Crippen LogP contribution in [0.15, 0.2) is 66.9 Å². The fraction of sp³-hybridized carbons (Fsp3) is 0.185. The Balaban J connectivity index is 1.26. The molecule has 0 spiro atoms. The quantitative estimate of drug-likeness (QED) is 0.278. The lowest BCUT2D eigenvalue weighted by atomic mass is 10.0. The fourth-order valence-corrected chi connectivity index (χ4v) is 4.40. The number of fused-ring (bicyclic) bond motifs is 1. The lowest BCUT2D eigenvalue weighted by Crippen LogP contribution is -2.43. The molecule has 1 aromatic heterocycles. The van der Waals surface area contributed by atoms with Crippen molar-refractivity contribution in [3.8, 4) is 0 Å². The van der Waals surface area contributed by atoms with Gasteiger partial charge in [0.15, 0.2) is 5.78 Å². The predicted molar refractivity (Wildman–Crippen MR) is 144 cm³/mol. The standard InChI is InChI=1S/C27H22ClF3N6O2/c28-21-7-6-19(14-20(21)27(29,30)31)35-26(39)34-18-4-1-16(2-5-18)25(38)17-3-8-22-23(13-17)36-24(15-33-22)37-11-9-32-10-12-37/h1-8,13-15,32H,9-12H2,(H2,34,35,39). The van der Waals surface area contributed by atoms with Gasteiger partial charge < -0.3 is 20.9 Å². The van der Waals surface area contributed by atoms with Crippen molar-refractivity contribution in [2.75, 3.05) is 41.7 Å². The van der Waals surface area contributed by atoms with Gasteiger partial charge in [-0.1, -0.05) is 11.6 Å². The smallest absolute Gasteiger partial charge is 0.353 e. The molecule has 1 fully saturated rings. The Morgan fingerprint density at radius 2 is 1.54 bits per heavy atom. The molecule has 39 heavy (non-hydrogen) atoms. The lowest BCUT2D eigenvalue weighted by Gasteiger charge is -2.28. The molecule has 1 aliphatic heterocycles. The van der Waals surface area contributed by atoms with Crippen molar-refractivity contribution >= 4 is 51.6 Å². The van der Waals surface area contributed by atoms with E-state index in [0.717, 1.165) is 44.1 Å². The van der Waals surface area contributed by atoms with Crippen LogP contribution in [0.1, 0.15) is 21.5 Å². The van der Waals surface area contributed by atoms with Crippen molar-refractivity contribution in [3.63, 3.8) is 0 Å². The van der Waals surface area contributed by atoms with Crippen LogP contribution in [0.4, 0.5) is 35.2 Å². The van der Waals surface area contributed by atoms with Gasteiger partial charge in [0.25, 0.3) is 0 Å². The summed E-state index contributed by atoms with van der Waals surface area (Å²) in [5.74, 6) is 0.527. The Bertz CT molecular complexity index is 1540. The van der Waals surface area contributed by atoms with Crippen LogP contribution < -0.4 is 20.9 Å². The summed E-state index contributed by atoms with van der Waals surface area (Å²) in [4.78, 5) is 36.7. The minimum Gasteiger partial charge on any atom is -0.353 e. The second kappa shape index (κ2) is 10.9. The van der Waals surface area contributed by atoms with Crippen LogP contribution in [0, 0.1) is 0 Å². The molecule has 3 N–H and O–H groups in total. The molecule has 0 radical (unpaired) electrons. The molecule has 4 aromatic rings. The van der Waals surface area contributed by atoms with Gasteiger partial charge in [0.05, 0.1) is 27.8 Å². The van der Waals surface area contributed by atoms with Crippen molar-refractivity contribution in [2.24, 2.45) is 0 Å². The number of aromatic nitrogens is 2. The van der Waals surface area contributed by atoms with Gasteiger partial charge in [0, 0.05) is 48.7 Å². The Morgan fingerprint density at radius 3 is 2.26 bits per heavy atom. The second-order valence-corrected chi connectivity index (χ2v) is 9.25. The Hall–Kier alpha value is -4.22. The summed E-state index contributed by atoms with van der Waals surface area (Å²) in [6.45, 7) is 3.38. The molecule has 0 bridgehead atoms. The van der Waals surface area contributed by atoms with E-state index in [0.29, 0.717) is 27.8 Å². The molecule has 5 rings (SSSR count). The average molecular weight is 555 g/mol. The number of hydrogen-bond acceptors (Lipinski definition) is 6. The van der Waals surface area contributed by atoms with E-state index in [1.807, 2.05) is 0 Å². The van der Waals surface area contributed by atoms with Gasteiger partial charge in [0.1, 0.15) is 5.82 Å². The van der Waals surface area contributed by atoms with E-state index < -0.39 is 22.8 Å². The van der Waals surface area contributed by atoms with Gasteiger partial charge in [-0.15, -0.1) is 0 Å². The number of anilines is 3. The van der Waals surface area contributed by atoms with Crippen molar-refractivity contribution in [3.05, 3.63) is 88.6 Å². The number of halogens is 4. The molecule has 0 saturated carbocycles. The van der Waals surface area contributed by atoms with E-state index in [1.165, 1.54) is 18.2 Å². The molecule has 200 valence electrons. The second-order valence-electron chi connectivity index (χ2n) is 8.85. The first kappa shape index (κ1) is 26.4. The third-order valence-electron chi connectivity index (χ3n) is 6.17. The molecule has 0 atom stereocenters. The summed E-state index contributed by atoms with van der Waals surface area (Å²) in [7, 11) is 0. The fourth-order valence-electron chi connectivity index (χ4n) is 4.17. The Morgan fingerprint density at radius 1 is 0.872 bits per heavy atom. The molecular weight excluding hydrogens is 533 g/mol. The number of rotatable bonds is 5. The van der Waals surface area contributed by atoms with E-state index in [9.17, 15) is 22.8 Å². The number of ketones is 1. The normalized spacial score (nSPS) is 13.8. The molecule has 2 heterocycles. The summed E-state index contributed by atoms with van der Waals surface area (Å²) >= 11 is 5.61. The highest BCUT2D eigenvalue weighted by Crippen LogP contribution is 2.36. The zero-order valence-corrected chi connectivity index (χ0v) is 21.1. The number of alkyl halides is 3. The van der Waals surface area contributed by atoms with Gasteiger partial charge in [-0.3, -0.25) is 9.78 Å². The lowest BCUT2D eigenvalue weighted by molar-refractivity contribution is -0.137. The molecular formula is C27H22ClF3N6O2. The molecule has 2 amide bonds. The highest BCUT2D eigenvalue weighted by atomic mass is 35.5. The number of nitrogens with one attached hydrogen (secondary N) is 3. The van der Waals surface area contributed by atoms with Crippen molar-refractivity contribution < 1.29 is 22.8 Å². The topological polar surface area (TPSA) is 99.2 Å². The van der Waals surface area contributed by atoms with Crippen LogP contribution in [0.5, 0.6) is 0 Å². The zero-order chi connectivity index (χ0) is 27.6. The van der Waals surface area contributed by atoms with Gasteiger partial charge >= 0.3 is 12.2 Å². The molecule has 3 aromatic carbocycles. The van der Waals surface area contributed by atoms with Crippen molar-refractivity contribution in [1.82, 2.24) is 15.3 Å². The SMILES string of the molecule is O=C(Nc1ccc(C(=O)c2ccc3ncc(N4CCNCC4)nc3c2)cc1)Nc1ccc(Cl)c(C(F)(F)F)c1. The first-order chi connectivity index (χ1) is 18.7. The molecule has 0 unspecified atom stereocenters. The van der Waals surface area contributed by atoms with E-state index in [2.05, 4.69) is 25.8 Å². The first-order valence-corrected chi connectivity index (χ1v) is 12.4. The number of urea groups is 1. The maximum Gasteiger partial charge on any atom is 0.417 e. The maximum absolute atomic E-state index is 13.1. The van der Waals surface area contributed by atoms with Crippen molar-refractivity contribution in [1.29, 1.82) is 0 Å². The number of hydrogen-bond donors (Lipinski definition) is 3. The van der Waals surface area contributed by atoms with Crippen LogP contribution in [0.2, 0.25) is 5.02 Å². The van der Waals surface area contributed by atoms with Gasteiger partial charge in [-0.2, -0.15) is 13.2 Å². The molecule has 1 saturated heterocycles. The molecule has 12 heteroatoms. The molecule has 8 nitrogen and oxygen atoms in total. The Kier molecular flexibility index (Phi) is 7.36. The average Bonchev–Trinajstić information content (AvgIpc) is 2.93. The maximum atomic E-state index is 13.1. The van der Waals surface area contributed by atoms with Crippen LogP contribution in [0.25, 0.3) is 11.0 Å². The summed E-state index contributed by atoms with van der Waals surface area (Å²) in [5, 5.41) is 7.70. The minimum atomic E-state index is -4.65. The predicted octanol–water partition coefficient (Wildman–Crippen LogP) is 5.59. The number of carbonyl (C=O) groups excluding carboxylic acids is 2. The Labute approximate surface area is 226 Å². The highest BCUT2D eigenvalue weighted by Gasteiger charge is 2.33. The van der Waals surface area contributed by atoms with E-state index >= 15 is 0 Å². The molecule has 1 aliphatic rings.